The second kappa shape index (κ2) is 7.60. The smallest absolute Gasteiger partial charge is 0.422 e. The van der Waals surface area contributed by atoms with Gasteiger partial charge in [0.05, 0.1) is 18.3 Å². The highest BCUT2D eigenvalue weighted by molar-refractivity contribution is 6.02. The fourth-order valence-corrected chi connectivity index (χ4v) is 3.49. The maximum absolute atomic E-state index is 12.5. The first-order valence-electron chi connectivity index (χ1n) is 9.25. The van der Waals surface area contributed by atoms with E-state index >= 15 is 0 Å². The van der Waals surface area contributed by atoms with Crippen LogP contribution in [0.4, 0.5) is 18.9 Å². The lowest BCUT2D eigenvalue weighted by molar-refractivity contribution is -0.153. The van der Waals surface area contributed by atoms with E-state index in [4.69, 9.17) is 10.5 Å². The Morgan fingerprint density at radius 1 is 1.33 bits per heavy atom. The number of hydrogen-bond donors (Lipinski definition) is 2. The number of fused-ring (bicyclic) bond motifs is 1. The summed E-state index contributed by atoms with van der Waals surface area (Å²) in [5, 5.41) is 2.74. The number of ether oxygens (including phenoxy) is 2. The van der Waals surface area contributed by atoms with Crippen molar-refractivity contribution in [3.05, 3.63) is 53.9 Å². The highest BCUT2D eigenvalue weighted by Gasteiger charge is 2.56. The van der Waals surface area contributed by atoms with Crippen molar-refractivity contribution in [1.29, 1.82) is 0 Å². The summed E-state index contributed by atoms with van der Waals surface area (Å²) < 4.78 is 46.7. The van der Waals surface area contributed by atoms with Gasteiger partial charge in [-0.05, 0) is 36.2 Å². The van der Waals surface area contributed by atoms with Crippen LogP contribution >= 0.6 is 0 Å². The Bertz CT molecular complexity index is 978. The molecule has 158 valence electrons. The molecule has 1 aliphatic heterocycles. The molecule has 7 nitrogen and oxygen atoms in total. The van der Waals surface area contributed by atoms with Gasteiger partial charge in [-0.25, -0.2) is 4.98 Å². The molecule has 4 rings (SSSR count). The summed E-state index contributed by atoms with van der Waals surface area (Å²) in [6.07, 6.45) is -2.54. The topological polar surface area (TPSA) is 98.8 Å². The molecule has 0 radical (unpaired) electrons. The monoisotopic (exact) mass is 420 g/mol. The van der Waals surface area contributed by atoms with E-state index in [9.17, 15) is 18.0 Å². The van der Waals surface area contributed by atoms with Crippen LogP contribution < -0.4 is 15.8 Å². The number of anilines is 1. The number of rotatable bonds is 5. The van der Waals surface area contributed by atoms with E-state index in [-0.39, 0.29) is 17.4 Å². The first kappa shape index (κ1) is 20.1. The van der Waals surface area contributed by atoms with Gasteiger partial charge in [-0.15, -0.1) is 0 Å². The molecule has 1 aliphatic carbocycles. The van der Waals surface area contributed by atoms with Crippen molar-refractivity contribution in [2.24, 2.45) is 16.6 Å². The Kier molecular flexibility index (Phi) is 5.10. The number of nitrogens with zero attached hydrogens (tertiary/aromatic N) is 2. The highest BCUT2D eigenvalue weighted by atomic mass is 19.4. The number of nitrogens with one attached hydrogen (secondary N) is 1. The maximum Gasteiger partial charge on any atom is 0.422 e. The van der Waals surface area contributed by atoms with Crippen molar-refractivity contribution >= 4 is 17.4 Å². The molecular weight excluding hydrogens is 401 g/mol. The number of pyridine rings is 1. The van der Waals surface area contributed by atoms with Crippen molar-refractivity contribution in [1.82, 2.24) is 4.98 Å². The molecule has 2 aromatic rings. The third-order valence-corrected chi connectivity index (χ3v) is 4.98. The molecule has 0 spiro atoms. The van der Waals surface area contributed by atoms with E-state index in [1.54, 1.807) is 6.07 Å². The maximum atomic E-state index is 12.5. The third kappa shape index (κ3) is 4.38. The number of nitrogens with two attached hydrogens (primary N) is 1. The first-order chi connectivity index (χ1) is 14.2. The summed E-state index contributed by atoms with van der Waals surface area (Å²) in [6, 6.07) is 9.88. The molecule has 0 unspecified atom stereocenters. The molecule has 0 bridgehead atoms. The number of benzene rings is 1. The largest absolute Gasteiger partial charge is 0.483 e. The minimum absolute atomic E-state index is 0.0485. The molecule has 1 aromatic carbocycles. The molecule has 2 aliphatic rings. The molecule has 2 heterocycles. The van der Waals surface area contributed by atoms with Gasteiger partial charge in [-0.1, -0.05) is 12.1 Å². The van der Waals surface area contributed by atoms with Crippen molar-refractivity contribution in [3.8, 4) is 5.75 Å². The molecule has 1 fully saturated rings. The Morgan fingerprint density at radius 3 is 2.90 bits per heavy atom. The fourth-order valence-electron chi connectivity index (χ4n) is 3.49. The van der Waals surface area contributed by atoms with Gasteiger partial charge in [-0.3, -0.25) is 9.79 Å². The fraction of sp³-hybridized carbons (Fsp3) is 0.350. The van der Waals surface area contributed by atoms with Crippen molar-refractivity contribution in [2.45, 2.75) is 18.1 Å². The van der Waals surface area contributed by atoms with Crippen LogP contribution in [-0.4, -0.2) is 42.7 Å². The van der Waals surface area contributed by atoms with Gasteiger partial charge in [0.1, 0.15) is 23.9 Å². The summed E-state index contributed by atoms with van der Waals surface area (Å²) in [7, 11) is 0. The van der Waals surface area contributed by atoms with Gasteiger partial charge in [0, 0.05) is 11.6 Å². The molecule has 1 saturated carbocycles. The van der Waals surface area contributed by atoms with Crippen LogP contribution in [0.3, 0.4) is 0 Å². The van der Waals surface area contributed by atoms with E-state index in [2.05, 4.69) is 20.0 Å². The van der Waals surface area contributed by atoms with Crippen LogP contribution in [0.2, 0.25) is 0 Å². The Morgan fingerprint density at radius 2 is 2.17 bits per heavy atom. The van der Waals surface area contributed by atoms with E-state index in [1.165, 1.54) is 12.1 Å². The molecule has 1 aromatic heterocycles. The van der Waals surface area contributed by atoms with Crippen LogP contribution in [0.15, 0.2) is 47.6 Å². The molecule has 30 heavy (non-hydrogen) atoms. The summed E-state index contributed by atoms with van der Waals surface area (Å²) in [5.74, 6) is 0.124. The highest BCUT2D eigenvalue weighted by Crippen LogP contribution is 2.56. The summed E-state index contributed by atoms with van der Waals surface area (Å²) >= 11 is 0. The summed E-state index contributed by atoms with van der Waals surface area (Å²) in [5.41, 5.74) is 7.01. The van der Waals surface area contributed by atoms with Crippen LogP contribution in [0.5, 0.6) is 5.75 Å². The third-order valence-electron chi connectivity index (χ3n) is 4.98. The van der Waals surface area contributed by atoms with Gasteiger partial charge in [-0.2, -0.15) is 13.2 Å². The molecule has 2 atom stereocenters. The predicted molar refractivity (Wildman–Crippen MR) is 102 cm³/mol. The summed E-state index contributed by atoms with van der Waals surface area (Å²) in [4.78, 5) is 21.0. The Labute approximate surface area is 170 Å². The lowest BCUT2D eigenvalue weighted by Crippen LogP contribution is -2.20. The lowest BCUT2D eigenvalue weighted by atomic mass is 10.0. The summed E-state index contributed by atoms with van der Waals surface area (Å²) in [6.45, 7) is -0.537. The number of halogens is 3. The average Bonchev–Trinajstić information content (AvgIpc) is 3.41. The number of amidine groups is 1. The van der Waals surface area contributed by atoms with Crippen LogP contribution in [-0.2, 0) is 10.3 Å². The lowest BCUT2D eigenvalue weighted by Gasteiger charge is -2.14. The first-order valence-corrected chi connectivity index (χ1v) is 9.25. The number of carbonyl (C=O) groups is 1. The van der Waals surface area contributed by atoms with E-state index < -0.39 is 24.2 Å². The molecule has 10 heteroatoms. The van der Waals surface area contributed by atoms with Crippen LogP contribution in [0.25, 0.3) is 0 Å². The molecule has 1 amide bonds. The number of alkyl halides is 3. The Hall–Kier alpha value is -3.14. The van der Waals surface area contributed by atoms with Crippen LogP contribution in [0.1, 0.15) is 22.5 Å². The van der Waals surface area contributed by atoms with E-state index in [1.807, 2.05) is 18.2 Å². The normalized spacial score (nSPS) is 23.0. The van der Waals surface area contributed by atoms with Crippen molar-refractivity contribution in [2.75, 3.05) is 25.1 Å². The zero-order valence-corrected chi connectivity index (χ0v) is 15.8. The van der Waals surface area contributed by atoms with E-state index in [0.717, 1.165) is 18.2 Å². The number of amides is 1. The Balaban J connectivity index is 1.44. The standard InChI is InChI=1S/C20H19F3N4O3/c21-20(22,23)11-30-15-4-5-16(25-8-15)18(28)26-14-3-1-2-12(6-14)19-7-13(19)9-29-10-17(24)27-19/h1-6,8,13H,7,9-11H2,(H2,24,27)(H,26,28)/t13-,19+/m0/s1. The molecule has 3 N–H and O–H groups in total. The number of aromatic nitrogens is 1. The van der Waals surface area contributed by atoms with Gasteiger partial charge >= 0.3 is 6.18 Å². The van der Waals surface area contributed by atoms with Gasteiger partial charge in [0.15, 0.2) is 6.61 Å². The number of aliphatic imine (C=N–C) groups is 1. The minimum Gasteiger partial charge on any atom is -0.483 e. The predicted octanol–water partition coefficient (Wildman–Crippen LogP) is 2.88. The second-order valence-electron chi connectivity index (χ2n) is 7.26. The van der Waals surface area contributed by atoms with Gasteiger partial charge in [0.2, 0.25) is 0 Å². The molecule has 0 saturated heterocycles. The zero-order chi connectivity index (χ0) is 21.4. The second-order valence-corrected chi connectivity index (χ2v) is 7.26. The number of carbonyl (C=O) groups excluding carboxylic acids is 1. The minimum atomic E-state index is -4.45. The van der Waals surface area contributed by atoms with Crippen molar-refractivity contribution < 1.29 is 27.4 Å². The average molecular weight is 420 g/mol. The van der Waals surface area contributed by atoms with Gasteiger partial charge < -0.3 is 20.5 Å². The number of hydrogen-bond acceptors (Lipinski definition) is 6. The SMILES string of the molecule is NC1=N[C@@]2(c3cccc(NC(=O)c4ccc(OCC(F)(F)F)cn4)c3)C[C@H]2COC1. The van der Waals surface area contributed by atoms with E-state index in [0.29, 0.717) is 24.7 Å². The zero-order valence-electron chi connectivity index (χ0n) is 15.8. The quantitative estimate of drug-likeness (QED) is 0.775. The van der Waals surface area contributed by atoms with Gasteiger partial charge in [0.25, 0.3) is 5.91 Å². The van der Waals surface area contributed by atoms with Crippen LogP contribution in [0, 0.1) is 5.92 Å². The van der Waals surface area contributed by atoms with Crippen molar-refractivity contribution in [3.63, 3.8) is 0 Å². The molecular formula is C20H19F3N4O3.